The minimum atomic E-state index is -3.88. The lowest BCUT2D eigenvalue weighted by molar-refractivity contribution is 0.272. The summed E-state index contributed by atoms with van der Waals surface area (Å²) in [5, 5.41) is 17.9. The van der Waals surface area contributed by atoms with Crippen LogP contribution < -0.4 is 19.9 Å². The molecule has 28 heavy (non-hydrogen) atoms. The highest BCUT2D eigenvalue weighted by Gasteiger charge is 2.15. The van der Waals surface area contributed by atoms with Crippen molar-refractivity contribution in [1.29, 1.82) is 0 Å². The van der Waals surface area contributed by atoms with E-state index >= 15 is 0 Å². The van der Waals surface area contributed by atoms with Crippen molar-refractivity contribution in [2.24, 2.45) is 5.14 Å². The van der Waals surface area contributed by atoms with Crippen LogP contribution in [0.3, 0.4) is 0 Å². The molecule has 0 heterocycles. The highest BCUT2D eigenvalue weighted by Crippen LogP contribution is 2.26. The number of sulfonamides is 1. The van der Waals surface area contributed by atoms with Gasteiger partial charge in [-0.25, -0.2) is 13.6 Å². The molecule has 1 atom stereocenters. The Morgan fingerprint density at radius 1 is 1.14 bits per heavy atom. The lowest BCUT2D eigenvalue weighted by atomic mass is 10.1. The lowest BCUT2D eigenvalue weighted by Crippen LogP contribution is -2.32. The second kappa shape index (κ2) is 10.4. The Kier molecular flexibility index (Phi) is 8.25. The summed E-state index contributed by atoms with van der Waals surface area (Å²) in [6.45, 7) is 5.23. The van der Waals surface area contributed by atoms with E-state index in [4.69, 9.17) is 14.6 Å². The highest BCUT2D eigenvalue weighted by molar-refractivity contribution is 7.89. The van der Waals surface area contributed by atoms with Gasteiger partial charge < -0.3 is 19.9 Å². The van der Waals surface area contributed by atoms with Gasteiger partial charge in [0.2, 0.25) is 10.0 Å². The largest absolute Gasteiger partial charge is 0.490 e. The fraction of sp³-hybridized carbons (Fsp3) is 0.400. The van der Waals surface area contributed by atoms with Gasteiger partial charge in [0, 0.05) is 12.6 Å². The van der Waals surface area contributed by atoms with Crippen LogP contribution in [0.15, 0.2) is 47.4 Å². The van der Waals surface area contributed by atoms with Crippen LogP contribution in [0, 0.1) is 0 Å². The van der Waals surface area contributed by atoms with Gasteiger partial charge in [0.25, 0.3) is 0 Å². The topological polar surface area (TPSA) is 111 Å². The number of nitrogens with two attached hydrogens (primary N) is 1. The second-order valence-corrected chi connectivity index (χ2v) is 7.96. The molecule has 2 aromatic rings. The first kappa shape index (κ1) is 22.2. The summed E-state index contributed by atoms with van der Waals surface area (Å²) >= 11 is 0. The van der Waals surface area contributed by atoms with Crippen molar-refractivity contribution in [3.8, 4) is 11.5 Å². The average Bonchev–Trinajstić information content (AvgIpc) is 2.66. The number of primary sulfonamides is 1. The zero-order chi connectivity index (χ0) is 20.6. The van der Waals surface area contributed by atoms with Crippen LogP contribution in [0.2, 0.25) is 0 Å². The summed E-state index contributed by atoms with van der Waals surface area (Å²) in [5.41, 5.74) is 1.12. The van der Waals surface area contributed by atoms with E-state index < -0.39 is 10.0 Å². The number of aliphatic hydroxyl groups excluding tert-OH is 1. The molecule has 2 rings (SSSR count). The molecule has 0 aliphatic heterocycles. The van der Waals surface area contributed by atoms with Crippen LogP contribution in [0.1, 0.15) is 25.0 Å². The summed E-state index contributed by atoms with van der Waals surface area (Å²) in [7, 11) is -3.88. The van der Waals surface area contributed by atoms with Gasteiger partial charge in [-0.1, -0.05) is 24.3 Å². The summed E-state index contributed by atoms with van der Waals surface area (Å²) in [5.74, 6) is 1.42. The first-order valence-corrected chi connectivity index (χ1v) is 10.7. The Morgan fingerprint density at radius 2 is 1.82 bits per heavy atom. The summed E-state index contributed by atoms with van der Waals surface area (Å²) in [6, 6.07) is 12.5. The molecule has 0 fully saturated rings. The molecule has 0 spiro atoms. The van der Waals surface area contributed by atoms with Gasteiger partial charge in [-0.3, -0.25) is 0 Å². The SMILES string of the molecule is CCOc1ccccc1OCCN[C@H](C)Cc1ccc(CO)c(S(N)(=O)=O)c1. The standard InChI is InChI=1S/C20H28N2O5S/c1-3-26-18-6-4-5-7-19(18)27-11-10-22-15(2)12-16-8-9-17(14-23)20(13-16)28(21,24)25/h4-9,13,15,22-23H,3,10-12,14H2,1-2H3,(H2,21,24,25)/t15-/m1/s1. The first-order chi connectivity index (χ1) is 13.3. The van der Waals surface area contributed by atoms with E-state index in [0.29, 0.717) is 37.5 Å². The van der Waals surface area contributed by atoms with Gasteiger partial charge in [-0.05, 0) is 49.6 Å². The maximum absolute atomic E-state index is 11.7. The maximum atomic E-state index is 11.7. The van der Waals surface area contributed by atoms with E-state index in [1.165, 1.54) is 6.07 Å². The molecule has 0 aliphatic rings. The molecular formula is C20H28N2O5S. The fourth-order valence-corrected chi connectivity index (χ4v) is 3.67. The highest BCUT2D eigenvalue weighted by atomic mass is 32.2. The number of hydrogen-bond acceptors (Lipinski definition) is 6. The van der Waals surface area contributed by atoms with Crippen molar-refractivity contribution < 1.29 is 23.0 Å². The fourth-order valence-electron chi connectivity index (χ4n) is 2.86. The van der Waals surface area contributed by atoms with Crippen LogP contribution in [0.5, 0.6) is 11.5 Å². The summed E-state index contributed by atoms with van der Waals surface area (Å²) in [6.07, 6.45) is 0.615. The predicted octanol–water partition coefficient (Wildman–Crippen LogP) is 1.82. The van der Waals surface area contributed by atoms with E-state index in [-0.39, 0.29) is 17.5 Å². The van der Waals surface area contributed by atoms with Crippen LogP contribution >= 0.6 is 0 Å². The average molecular weight is 409 g/mol. The quantitative estimate of drug-likeness (QED) is 0.489. The molecule has 2 aromatic carbocycles. The molecule has 0 amide bonds. The Labute approximate surface area is 166 Å². The van der Waals surface area contributed by atoms with Crippen molar-refractivity contribution in [3.05, 3.63) is 53.6 Å². The van der Waals surface area contributed by atoms with Crippen molar-refractivity contribution in [2.45, 2.75) is 37.8 Å². The summed E-state index contributed by atoms with van der Waals surface area (Å²) < 4.78 is 34.7. The number of rotatable bonds is 11. The Morgan fingerprint density at radius 3 is 2.43 bits per heavy atom. The van der Waals surface area contributed by atoms with Gasteiger partial charge in [0.15, 0.2) is 11.5 Å². The molecule has 8 heteroatoms. The minimum Gasteiger partial charge on any atom is -0.490 e. The molecule has 4 N–H and O–H groups in total. The van der Waals surface area contributed by atoms with Crippen LogP contribution in [-0.4, -0.2) is 39.3 Å². The Balaban J connectivity index is 1.87. The van der Waals surface area contributed by atoms with Gasteiger partial charge in [-0.15, -0.1) is 0 Å². The van der Waals surface area contributed by atoms with Crippen molar-refractivity contribution in [2.75, 3.05) is 19.8 Å². The van der Waals surface area contributed by atoms with Gasteiger partial charge in [-0.2, -0.15) is 0 Å². The third kappa shape index (κ3) is 6.49. The second-order valence-electron chi connectivity index (χ2n) is 6.43. The predicted molar refractivity (Wildman–Crippen MR) is 108 cm³/mol. The van der Waals surface area contributed by atoms with Crippen LogP contribution in [-0.2, 0) is 23.1 Å². The molecule has 0 bridgehead atoms. The zero-order valence-corrected chi connectivity index (χ0v) is 17.0. The molecule has 0 saturated heterocycles. The van der Waals surface area contributed by atoms with Crippen molar-refractivity contribution >= 4 is 10.0 Å². The summed E-state index contributed by atoms with van der Waals surface area (Å²) in [4.78, 5) is -0.0319. The molecule has 0 aliphatic carbocycles. The smallest absolute Gasteiger partial charge is 0.238 e. The number of aliphatic hydroxyl groups is 1. The van der Waals surface area contributed by atoms with Crippen LogP contribution in [0.25, 0.3) is 0 Å². The molecule has 154 valence electrons. The zero-order valence-electron chi connectivity index (χ0n) is 16.2. The van der Waals surface area contributed by atoms with Crippen molar-refractivity contribution in [3.63, 3.8) is 0 Å². The molecular weight excluding hydrogens is 380 g/mol. The number of para-hydroxylation sites is 2. The van der Waals surface area contributed by atoms with Crippen molar-refractivity contribution in [1.82, 2.24) is 5.32 Å². The van der Waals surface area contributed by atoms with Gasteiger partial charge in [0.1, 0.15) is 6.61 Å². The van der Waals surface area contributed by atoms with E-state index in [2.05, 4.69) is 5.32 Å². The number of benzene rings is 2. The molecule has 0 unspecified atom stereocenters. The Hall–Kier alpha value is -2.13. The minimum absolute atomic E-state index is 0.0319. The monoisotopic (exact) mass is 408 g/mol. The van der Waals surface area contributed by atoms with Gasteiger partial charge in [0.05, 0.1) is 18.1 Å². The maximum Gasteiger partial charge on any atom is 0.238 e. The molecule has 7 nitrogen and oxygen atoms in total. The van der Waals surface area contributed by atoms with E-state index in [0.717, 1.165) is 11.3 Å². The molecule has 0 aromatic heterocycles. The Bertz CT molecular complexity index is 871. The third-order valence-electron chi connectivity index (χ3n) is 4.15. The van der Waals surface area contributed by atoms with E-state index in [9.17, 15) is 13.5 Å². The number of nitrogens with one attached hydrogen (secondary N) is 1. The molecule has 0 radical (unpaired) electrons. The van der Waals surface area contributed by atoms with Crippen LogP contribution in [0.4, 0.5) is 0 Å². The lowest BCUT2D eigenvalue weighted by Gasteiger charge is -2.16. The number of hydrogen-bond donors (Lipinski definition) is 3. The number of ether oxygens (including phenoxy) is 2. The van der Waals surface area contributed by atoms with E-state index in [1.807, 2.05) is 38.1 Å². The first-order valence-electron chi connectivity index (χ1n) is 9.18. The normalized spacial score (nSPS) is 12.6. The van der Waals surface area contributed by atoms with E-state index in [1.54, 1.807) is 12.1 Å². The third-order valence-corrected chi connectivity index (χ3v) is 5.14. The molecule has 0 saturated carbocycles. The van der Waals surface area contributed by atoms with Gasteiger partial charge >= 0.3 is 0 Å².